The van der Waals surface area contributed by atoms with Crippen LogP contribution in [0.15, 0.2) is 4.99 Å². The summed E-state index contributed by atoms with van der Waals surface area (Å²) in [5.41, 5.74) is -0.560. The van der Waals surface area contributed by atoms with Crippen molar-refractivity contribution in [3.8, 4) is 0 Å². The molecule has 1 atom stereocenters. The van der Waals surface area contributed by atoms with Crippen LogP contribution in [0.3, 0.4) is 0 Å². The highest BCUT2D eigenvalue weighted by Crippen LogP contribution is 2.27. The molecule has 158 valence electrons. The van der Waals surface area contributed by atoms with E-state index in [1.807, 2.05) is 7.05 Å². The lowest BCUT2D eigenvalue weighted by Crippen LogP contribution is -2.51. The lowest BCUT2D eigenvalue weighted by Gasteiger charge is -2.37. The second-order valence-corrected chi connectivity index (χ2v) is 8.19. The van der Waals surface area contributed by atoms with Gasteiger partial charge in [-0.05, 0) is 44.9 Å². The first kappa shape index (κ1) is 23.2. The Morgan fingerprint density at radius 1 is 1.15 bits per heavy atom. The van der Waals surface area contributed by atoms with Crippen LogP contribution >= 0.6 is 24.0 Å². The third-order valence-electron chi connectivity index (χ3n) is 6.10. The summed E-state index contributed by atoms with van der Waals surface area (Å²) in [6, 6.07) is 0. The van der Waals surface area contributed by atoms with Gasteiger partial charge in [-0.1, -0.05) is 19.3 Å². The average molecular weight is 495 g/mol. The number of piperidine rings is 1. The Balaban J connectivity index is 0.00000261. The third-order valence-corrected chi connectivity index (χ3v) is 6.10. The van der Waals surface area contributed by atoms with Crippen molar-refractivity contribution in [2.24, 2.45) is 4.99 Å². The zero-order valence-electron chi connectivity index (χ0n) is 16.8. The van der Waals surface area contributed by atoms with Gasteiger partial charge in [-0.2, -0.15) is 0 Å². The van der Waals surface area contributed by atoms with Crippen molar-refractivity contribution in [3.05, 3.63) is 0 Å². The molecular formula is C20H38IN3O3. The van der Waals surface area contributed by atoms with Crippen LogP contribution in [0.5, 0.6) is 0 Å². The number of rotatable bonds is 5. The summed E-state index contributed by atoms with van der Waals surface area (Å²) in [4.78, 5) is 6.73. The molecular weight excluding hydrogens is 457 g/mol. The molecule has 0 bridgehead atoms. The number of nitrogens with one attached hydrogen (secondary N) is 1. The number of hydrogen-bond acceptors (Lipinski definition) is 4. The van der Waals surface area contributed by atoms with Crippen molar-refractivity contribution in [2.45, 2.75) is 82.0 Å². The predicted octanol–water partition coefficient (Wildman–Crippen LogP) is 2.93. The first-order chi connectivity index (χ1) is 12.7. The zero-order valence-corrected chi connectivity index (χ0v) is 19.2. The van der Waals surface area contributed by atoms with Gasteiger partial charge in [0.15, 0.2) is 5.96 Å². The Bertz CT molecular complexity index is 444. The summed E-state index contributed by atoms with van der Waals surface area (Å²) >= 11 is 0. The van der Waals surface area contributed by atoms with Crippen LogP contribution in [0.2, 0.25) is 0 Å². The van der Waals surface area contributed by atoms with E-state index in [2.05, 4.69) is 15.2 Å². The lowest BCUT2D eigenvalue weighted by molar-refractivity contribution is -0.0722. The molecule has 0 radical (unpaired) electrons. The Hall–Kier alpha value is -0.120. The van der Waals surface area contributed by atoms with Gasteiger partial charge in [-0.3, -0.25) is 4.99 Å². The number of hydrogen-bond donors (Lipinski definition) is 2. The Kier molecular flexibility index (Phi) is 10.1. The minimum atomic E-state index is -0.560. The molecule has 2 saturated heterocycles. The highest BCUT2D eigenvalue weighted by Gasteiger charge is 2.30. The van der Waals surface area contributed by atoms with Gasteiger partial charge >= 0.3 is 0 Å². The molecule has 0 amide bonds. The molecule has 1 unspecified atom stereocenters. The molecule has 3 aliphatic rings. The van der Waals surface area contributed by atoms with E-state index in [0.717, 1.165) is 77.2 Å². The fraction of sp³-hybridized carbons (Fsp3) is 0.950. The van der Waals surface area contributed by atoms with E-state index in [9.17, 15) is 5.11 Å². The number of guanidine groups is 1. The van der Waals surface area contributed by atoms with Gasteiger partial charge in [0.1, 0.15) is 0 Å². The lowest BCUT2D eigenvalue weighted by atomic mass is 9.85. The Labute approximate surface area is 181 Å². The molecule has 7 heteroatoms. The molecule has 6 nitrogen and oxygen atoms in total. The highest BCUT2D eigenvalue weighted by molar-refractivity contribution is 14.0. The van der Waals surface area contributed by atoms with Gasteiger partial charge in [-0.25, -0.2) is 0 Å². The van der Waals surface area contributed by atoms with E-state index in [1.165, 1.54) is 19.3 Å². The Morgan fingerprint density at radius 2 is 1.89 bits per heavy atom. The molecule has 0 aromatic carbocycles. The van der Waals surface area contributed by atoms with E-state index < -0.39 is 5.60 Å². The van der Waals surface area contributed by atoms with Crippen LogP contribution in [-0.4, -0.2) is 73.7 Å². The number of aliphatic hydroxyl groups is 1. The van der Waals surface area contributed by atoms with Gasteiger partial charge in [0.25, 0.3) is 0 Å². The van der Waals surface area contributed by atoms with Gasteiger partial charge in [0.2, 0.25) is 0 Å². The van der Waals surface area contributed by atoms with Crippen LogP contribution in [0.1, 0.15) is 64.2 Å². The molecule has 2 aliphatic heterocycles. The third kappa shape index (κ3) is 7.33. The molecule has 2 N–H and O–H groups in total. The van der Waals surface area contributed by atoms with Crippen molar-refractivity contribution in [1.82, 2.24) is 10.2 Å². The van der Waals surface area contributed by atoms with Crippen LogP contribution in [0.25, 0.3) is 0 Å². The first-order valence-corrected chi connectivity index (χ1v) is 10.6. The normalized spacial score (nSPS) is 27.1. The summed E-state index contributed by atoms with van der Waals surface area (Å²) < 4.78 is 11.9. The maximum Gasteiger partial charge on any atom is 0.193 e. The fourth-order valence-electron chi connectivity index (χ4n) is 4.38. The van der Waals surface area contributed by atoms with E-state index in [1.54, 1.807) is 0 Å². The van der Waals surface area contributed by atoms with Crippen molar-refractivity contribution >= 4 is 29.9 Å². The summed E-state index contributed by atoms with van der Waals surface area (Å²) in [5.74, 6) is 0.915. The molecule has 0 aromatic heterocycles. The van der Waals surface area contributed by atoms with Crippen molar-refractivity contribution < 1.29 is 14.6 Å². The van der Waals surface area contributed by atoms with Crippen LogP contribution in [-0.2, 0) is 9.47 Å². The number of halogens is 1. The fourth-order valence-corrected chi connectivity index (χ4v) is 4.38. The van der Waals surface area contributed by atoms with E-state index in [0.29, 0.717) is 18.8 Å². The molecule has 3 fully saturated rings. The van der Waals surface area contributed by atoms with Crippen LogP contribution in [0, 0.1) is 0 Å². The van der Waals surface area contributed by atoms with Crippen molar-refractivity contribution in [3.63, 3.8) is 0 Å². The molecule has 1 aliphatic carbocycles. The average Bonchev–Trinajstić information content (AvgIpc) is 2.69. The Morgan fingerprint density at radius 3 is 2.52 bits per heavy atom. The maximum atomic E-state index is 10.7. The molecule has 2 heterocycles. The number of nitrogens with zero attached hydrogens (tertiary/aromatic N) is 2. The monoisotopic (exact) mass is 495 g/mol. The van der Waals surface area contributed by atoms with Gasteiger partial charge in [0, 0.05) is 33.3 Å². The smallest absolute Gasteiger partial charge is 0.193 e. The van der Waals surface area contributed by atoms with Gasteiger partial charge in [0.05, 0.1) is 24.4 Å². The molecule has 0 spiro atoms. The first-order valence-electron chi connectivity index (χ1n) is 10.6. The number of likely N-dealkylation sites (tertiary alicyclic amines) is 1. The van der Waals surface area contributed by atoms with E-state index in [4.69, 9.17) is 9.47 Å². The summed E-state index contributed by atoms with van der Waals surface area (Å²) in [7, 11) is 1.83. The van der Waals surface area contributed by atoms with Crippen LogP contribution in [0.4, 0.5) is 0 Å². The molecule has 27 heavy (non-hydrogen) atoms. The molecule has 3 rings (SSSR count). The second-order valence-electron chi connectivity index (χ2n) is 8.19. The topological polar surface area (TPSA) is 66.3 Å². The molecule has 1 saturated carbocycles. The van der Waals surface area contributed by atoms with Gasteiger partial charge in [-0.15, -0.1) is 24.0 Å². The summed E-state index contributed by atoms with van der Waals surface area (Å²) in [6.07, 6.45) is 11.6. The zero-order chi connectivity index (χ0) is 18.2. The van der Waals surface area contributed by atoms with Crippen molar-refractivity contribution in [1.29, 1.82) is 0 Å². The quantitative estimate of drug-likeness (QED) is 0.349. The van der Waals surface area contributed by atoms with Crippen LogP contribution < -0.4 is 5.32 Å². The standard InChI is InChI=1S/C20H37N3O3.HI/c1-21-19(22-16-20(24)10-4-2-5-11-20)23-12-8-17(9-13-23)26-15-18-7-3-6-14-25-18;/h17-18,24H,2-16H2,1H3,(H,21,22);1H. The van der Waals surface area contributed by atoms with Gasteiger partial charge < -0.3 is 24.8 Å². The minimum absolute atomic E-state index is 0. The van der Waals surface area contributed by atoms with E-state index in [-0.39, 0.29) is 24.0 Å². The van der Waals surface area contributed by atoms with E-state index >= 15 is 0 Å². The molecule has 0 aromatic rings. The SMILES string of the molecule is CN=C(NCC1(O)CCCCC1)N1CCC(OCC2CCCCO2)CC1.I. The summed E-state index contributed by atoms with van der Waals surface area (Å²) in [6.45, 7) is 4.14. The summed E-state index contributed by atoms with van der Waals surface area (Å²) in [5, 5.41) is 14.1. The predicted molar refractivity (Wildman–Crippen MR) is 119 cm³/mol. The largest absolute Gasteiger partial charge is 0.388 e. The maximum absolute atomic E-state index is 10.7. The number of ether oxygens (including phenoxy) is 2. The highest BCUT2D eigenvalue weighted by atomic mass is 127. The second kappa shape index (κ2) is 11.8. The number of aliphatic imine (C=N–C) groups is 1. The minimum Gasteiger partial charge on any atom is -0.388 e. The van der Waals surface area contributed by atoms with Crippen molar-refractivity contribution in [2.75, 3.05) is 39.9 Å².